The SMILES string of the molecule is C(CSCC1CC1)NC(C1CC1)C1CC1. The molecule has 3 fully saturated rings. The van der Waals surface area contributed by atoms with Crippen molar-refractivity contribution in [2.24, 2.45) is 17.8 Å². The van der Waals surface area contributed by atoms with Gasteiger partial charge < -0.3 is 5.32 Å². The van der Waals surface area contributed by atoms with Gasteiger partial charge in [-0.2, -0.15) is 11.8 Å². The molecular weight excluding hydrogens is 202 g/mol. The van der Waals surface area contributed by atoms with Gasteiger partial charge in [-0.3, -0.25) is 0 Å². The monoisotopic (exact) mass is 225 g/mol. The molecule has 1 nitrogen and oxygen atoms in total. The van der Waals surface area contributed by atoms with E-state index in [9.17, 15) is 0 Å². The summed E-state index contributed by atoms with van der Waals surface area (Å²) in [5.41, 5.74) is 0. The van der Waals surface area contributed by atoms with E-state index in [1.165, 1.54) is 56.6 Å². The van der Waals surface area contributed by atoms with E-state index in [-0.39, 0.29) is 0 Å². The van der Waals surface area contributed by atoms with Crippen LogP contribution in [0.5, 0.6) is 0 Å². The zero-order chi connectivity index (χ0) is 10.1. The van der Waals surface area contributed by atoms with Crippen LogP contribution < -0.4 is 5.32 Å². The molecule has 15 heavy (non-hydrogen) atoms. The third-order valence-electron chi connectivity index (χ3n) is 3.94. The van der Waals surface area contributed by atoms with E-state index in [1.807, 2.05) is 0 Å². The lowest BCUT2D eigenvalue weighted by Crippen LogP contribution is -2.34. The van der Waals surface area contributed by atoms with Gasteiger partial charge in [-0.1, -0.05) is 0 Å². The van der Waals surface area contributed by atoms with Crippen LogP contribution in [0.25, 0.3) is 0 Å². The second-order valence-corrected chi connectivity index (χ2v) is 6.82. The smallest absolute Gasteiger partial charge is 0.0124 e. The molecule has 0 unspecified atom stereocenters. The summed E-state index contributed by atoms with van der Waals surface area (Å²) in [5, 5.41) is 3.82. The van der Waals surface area contributed by atoms with Gasteiger partial charge in [-0.15, -0.1) is 0 Å². The van der Waals surface area contributed by atoms with Gasteiger partial charge in [0.25, 0.3) is 0 Å². The van der Waals surface area contributed by atoms with Crippen molar-refractivity contribution in [3.63, 3.8) is 0 Å². The molecule has 1 N–H and O–H groups in total. The lowest BCUT2D eigenvalue weighted by Gasteiger charge is -2.17. The van der Waals surface area contributed by atoms with Gasteiger partial charge in [-0.25, -0.2) is 0 Å². The normalized spacial score (nSPS) is 26.2. The molecule has 0 spiro atoms. The molecule has 3 saturated carbocycles. The van der Waals surface area contributed by atoms with Gasteiger partial charge in [0, 0.05) is 18.3 Å². The quantitative estimate of drug-likeness (QED) is 0.638. The summed E-state index contributed by atoms with van der Waals surface area (Å²) in [7, 11) is 0. The predicted molar refractivity (Wildman–Crippen MR) is 67.3 cm³/mol. The average Bonchev–Trinajstić information content (AvgIpc) is 3.12. The lowest BCUT2D eigenvalue weighted by molar-refractivity contribution is 0.429. The maximum absolute atomic E-state index is 3.82. The average molecular weight is 225 g/mol. The van der Waals surface area contributed by atoms with Gasteiger partial charge >= 0.3 is 0 Å². The Hall–Kier alpha value is 0.310. The summed E-state index contributed by atoms with van der Waals surface area (Å²) in [6.07, 6.45) is 9.03. The second-order valence-electron chi connectivity index (χ2n) is 5.67. The van der Waals surface area contributed by atoms with Gasteiger partial charge in [-0.05, 0) is 62.0 Å². The highest BCUT2D eigenvalue weighted by atomic mass is 32.2. The van der Waals surface area contributed by atoms with E-state index in [2.05, 4.69) is 17.1 Å². The Morgan fingerprint density at radius 3 is 2.20 bits per heavy atom. The van der Waals surface area contributed by atoms with Crippen molar-refractivity contribution in [3.8, 4) is 0 Å². The topological polar surface area (TPSA) is 12.0 Å². The Kier molecular flexibility index (Phi) is 3.25. The Bertz CT molecular complexity index is 195. The molecule has 0 aromatic heterocycles. The highest BCUT2D eigenvalue weighted by Gasteiger charge is 2.40. The van der Waals surface area contributed by atoms with Crippen molar-refractivity contribution in [2.75, 3.05) is 18.1 Å². The first-order valence-electron chi connectivity index (χ1n) is 6.74. The zero-order valence-electron chi connectivity index (χ0n) is 9.58. The lowest BCUT2D eigenvalue weighted by atomic mass is 10.1. The summed E-state index contributed by atoms with van der Waals surface area (Å²) in [5.74, 6) is 5.99. The van der Waals surface area contributed by atoms with Crippen molar-refractivity contribution in [3.05, 3.63) is 0 Å². The minimum Gasteiger partial charge on any atom is -0.313 e. The van der Waals surface area contributed by atoms with Crippen LogP contribution in [0, 0.1) is 17.8 Å². The Morgan fingerprint density at radius 1 is 1.00 bits per heavy atom. The molecule has 0 heterocycles. The molecule has 0 atom stereocenters. The highest BCUT2D eigenvalue weighted by Crippen LogP contribution is 2.44. The summed E-state index contributed by atoms with van der Waals surface area (Å²) >= 11 is 2.17. The van der Waals surface area contributed by atoms with Crippen molar-refractivity contribution in [1.82, 2.24) is 5.32 Å². The van der Waals surface area contributed by atoms with E-state index < -0.39 is 0 Å². The fourth-order valence-corrected chi connectivity index (χ4v) is 3.56. The Morgan fingerprint density at radius 2 is 1.67 bits per heavy atom. The van der Waals surface area contributed by atoms with Gasteiger partial charge in [0.05, 0.1) is 0 Å². The molecule has 0 bridgehead atoms. The minimum absolute atomic E-state index is 0.909. The van der Waals surface area contributed by atoms with Gasteiger partial charge in [0.15, 0.2) is 0 Å². The fraction of sp³-hybridized carbons (Fsp3) is 1.00. The number of nitrogens with one attached hydrogen (secondary N) is 1. The summed E-state index contributed by atoms with van der Waals surface area (Å²) in [4.78, 5) is 0. The minimum atomic E-state index is 0.909. The molecule has 0 saturated heterocycles. The molecular formula is C13H23NS. The van der Waals surface area contributed by atoms with E-state index in [4.69, 9.17) is 0 Å². The number of hydrogen-bond acceptors (Lipinski definition) is 2. The molecule has 0 amide bonds. The van der Waals surface area contributed by atoms with Crippen LogP contribution in [0.4, 0.5) is 0 Å². The largest absolute Gasteiger partial charge is 0.313 e. The first kappa shape index (κ1) is 10.5. The van der Waals surface area contributed by atoms with Crippen molar-refractivity contribution in [2.45, 2.75) is 44.6 Å². The van der Waals surface area contributed by atoms with Crippen LogP contribution in [-0.2, 0) is 0 Å². The third-order valence-corrected chi connectivity index (χ3v) is 5.14. The van der Waals surface area contributed by atoms with Crippen LogP contribution in [0.15, 0.2) is 0 Å². The standard InChI is InChI=1S/C13H23NS/c1-2-10(1)9-15-8-7-14-13(11-3-4-11)12-5-6-12/h10-14H,1-9H2. The first-order valence-corrected chi connectivity index (χ1v) is 7.90. The molecule has 3 aliphatic carbocycles. The Balaban J connectivity index is 1.26. The fourth-order valence-electron chi connectivity index (χ4n) is 2.46. The van der Waals surface area contributed by atoms with E-state index in [1.54, 1.807) is 0 Å². The Labute approximate surface area is 97.8 Å². The molecule has 86 valence electrons. The molecule has 0 radical (unpaired) electrons. The molecule has 3 rings (SSSR count). The van der Waals surface area contributed by atoms with Crippen molar-refractivity contribution >= 4 is 11.8 Å². The number of thioether (sulfide) groups is 1. The van der Waals surface area contributed by atoms with Gasteiger partial charge in [0.2, 0.25) is 0 Å². The maximum Gasteiger partial charge on any atom is 0.0124 e. The van der Waals surface area contributed by atoms with E-state index in [0.29, 0.717) is 0 Å². The second kappa shape index (κ2) is 4.67. The third kappa shape index (κ3) is 3.39. The van der Waals surface area contributed by atoms with Crippen molar-refractivity contribution < 1.29 is 0 Å². The van der Waals surface area contributed by atoms with E-state index in [0.717, 1.165) is 23.8 Å². The van der Waals surface area contributed by atoms with Crippen LogP contribution >= 0.6 is 11.8 Å². The number of hydrogen-bond donors (Lipinski definition) is 1. The summed E-state index contributed by atoms with van der Waals surface area (Å²) in [6.45, 7) is 1.26. The summed E-state index contributed by atoms with van der Waals surface area (Å²) in [6, 6.07) is 0.909. The number of rotatable bonds is 8. The molecule has 3 aliphatic rings. The van der Waals surface area contributed by atoms with Crippen LogP contribution in [0.3, 0.4) is 0 Å². The van der Waals surface area contributed by atoms with Crippen LogP contribution in [-0.4, -0.2) is 24.1 Å². The first-order chi connectivity index (χ1) is 7.43. The molecule has 2 heteroatoms. The maximum atomic E-state index is 3.82. The van der Waals surface area contributed by atoms with Crippen LogP contribution in [0.2, 0.25) is 0 Å². The van der Waals surface area contributed by atoms with Crippen LogP contribution in [0.1, 0.15) is 38.5 Å². The van der Waals surface area contributed by atoms with Crippen molar-refractivity contribution in [1.29, 1.82) is 0 Å². The van der Waals surface area contributed by atoms with Gasteiger partial charge in [0.1, 0.15) is 0 Å². The molecule has 0 aromatic rings. The molecule has 0 aliphatic heterocycles. The van der Waals surface area contributed by atoms with E-state index >= 15 is 0 Å². The highest BCUT2D eigenvalue weighted by molar-refractivity contribution is 7.99. The summed E-state index contributed by atoms with van der Waals surface area (Å²) < 4.78 is 0. The zero-order valence-corrected chi connectivity index (χ0v) is 10.4. The predicted octanol–water partition coefficient (Wildman–Crippen LogP) is 2.91. The molecule has 0 aromatic carbocycles.